The molecule has 1 saturated carbocycles. The molecule has 0 aromatic rings. The summed E-state index contributed by atoms with van der Waals surface area (Å²) >= 11 is 0. The summed E-state index contributed by atoms with van der Waals surface area (Å²) in [5, 5.41) is -0.152. The van der Waals surface area contributed by atoms with E-state index >= 15 is 0 Å². The zero-order valence-electron chi connectivity index (χ0n) is 11.6. The van der Waals surface area contributed by atoms with Crippen LogP contribution in [0.3, 0.4) is 0 Å². The van der Waals surface area contributed by atoms with Gasteiger partial charge in [-0.3, -0.25) is 4.79 Å². The minimum atomic E-state index is -0.304. The van der Waals surface area contributed by atoms with Crippen LogP contribution in [0.1, 0.15) is 60.3 Å². The smallest absolute Gasteiger partial charge is 0.403 e. The zero-order chi connectivity index (χ0) is 12.9. The number of hydrogen-bond acceptors (Lipinski definition) is 3. The summed E-state index contributed by atoms with van der Waals surface area (Å²) in [6.45, 7) is 10.3. The molecule has 0 spiro atoms. The summed E-state index contributed by atoms with van der Waals surface area (Å²) < 4.78 is 12.2. The Morgan fingerprint density at radius 3 is 2.06 bits per heavy atom. The van der Waals surface area contributed by atoms with Gasteiger partial charge in [-0.2, -0.15) is 0 Å². The lowest BCUT2D eigenvalue weighted by Crippen LogP contribution is -2.41. The predicted octanol–water partition coefficient (Wildman–Crippen LogP) is 2.98. The van der Waals surface area contributed by atoms with Crippen LogP contribution in [-0.2, 0) is 14.1 Å². The van der Waals surface area contributed by atoms with E-state index in [0.29, 0.717) is 12.2 Å². The fraction of sp³-hybridized carbons (Fsp3) is 0.923. The van der Waals surface area contributed by atoms with Gasteiger partial charge in [-0.15, -0.1) is 0 Å². The number of Topliss-reactive ketones (excluding diaryl/α,β-unsaturated/α-hetero) is 1. The molecule has 0 aromatic heterocycles. The van der Waals surface area contributed by atoms with Crippen molar-refractivity contribution in [3.05, 3.63) is 0 Å². The van der Waals surface area contributed by atoms with E-state index in [2.05, 4.69) is 34.6 Å². The Kier molecular flexibility index (Phi) is 2.95. The first kappa shape index (κ1) is 13.1. The van der Waals surface area contributed by atoms with Gasteiger partial charge in [0.05, 0.1) is 11.2 Å². The molecule has 0 aromatic carbocycles. The van der Waals surface area contributed by atoms with E-state index in [4.69, 9.17) is 9.31 Å². The summed E-state index contributed by atoms with van der Waals surface area (Å²) in [6.07, 6.45) is 3.27. The minimum absolute atomic E-state index is 0.152. The van der Waals surface area contributed by atoms with Crippen LogP contribution in [-0.4, -0.2) is 24.1 Å². The molecule has 2 rings (SSSR count). The van der Waals surface area contributed by atoms with Crippen molar-refractivity contribution >= 4 is 12.9 Å². The monoisotopic (exact) mass is 238 g/mol. The quantitative estimate of drug-likeness (QED) is 0.659. The predicted molar refractivity (Wildman–Crippen MR) is 67.9 cm³/mol. The van der Waals surface area contributed by atoms with Gasteiger partial charge in [-0.25, -0.2) is 0 Å². The van der Waals surface area contributed by atoms with Gasteiger partial charge in [0.15, 0.2) is 0 Å². The molecule has 2 fully saturated rings. The number of hydrogen-bond donors (Lipinski definition) is 0. The van der Waals surface area contributed by atoms with Crippen LogP contribution in [0.5, 0.6) is 0 Å². The van der Waals surface area contributed by atoms with Crippen LogP contribution < -0.4 is 0 Å². The first-order valence-corrected chi connectivity index (χ1v) is 6.54. The Bertz CT molecular complexity index is 322. The average Bonchev–Trinajstić information content (AvgIpc) is 2.36. The van der Waals surface area contributed by atoms with Gasteiger partial charge in [0, 0.05) is 18.2 Å². The molecule has 1 unspecified atom stereocenters. The molecule has 0 radical (unpaired) electrons. The Balaban J connectivity index is 2.17. The topological polar surface area (TPSA) is 35.5 Å². The van der Waals surface area contributed by atoms with Crippen molar-refractivity contribution in [2.45, 2.75) is 76.8 Å². The number of ketones is 1. The highest BCUT2D eigenvalue weighted by Crippen LogP contribution is 2.51. The summed E-state index contributed by atoms with van der Waals surface area (Å²) in [5.74, 6) is 0.341. The maximum atomic E-state index is 11.6. The SMILES string of the molecule is CC1(B2OC(C)(C)C(C)(C)O2)CCCC(=O)C1. The van der Waals surface area contributed by atoms with Gasteiger partial charge in [-0.05, 0) is 40.5 Å². The highest BCUT2D eigenvalue weighted by atomic mass is 16.7. The lowest BCUT2D eigenvalue weighted by Gasteiger charge is -2.34. The van der Waals surface area contributed by atoms with E-state index in [1.54, 1.807) is 0 Å². The van der Waals surface area contributed by atoms with E-state index < -0.39 is 0 Å². The molecule has 1 aliphatic heterocycles. The standard InChI is InChI=1S/C13H23BO3/c1-11(2)12(3,4)17-14(16-11)13(5)8-6-7-10(15)9-13/h6-9H2,1-5H3. The van der Waals surface area contributed by atoms with Crippen LogP contribution in [0.25, 0.3) is 0 Å². The molecule has 1 heterocycles. The van der Waals surface area contributed by atoms with Crippen molar-refractivity contribution in [2.24, 2.45) is 0 Å². The van der Waals surface area contributed by atoms with E-state index in [0.717, 1.165) is 19.3 Å². The lowest BCUT2D eigenvalue weighted by molar-refractivity contribution is -0.121. The summed E-state index contributed by atoms with van der Waals surface area (Å²) in [5.41, 5.74) is -0.609. The van der Waals surface area contributed by atoms with Crippen molar-refractivity contribution in [3.63, 3.8) is 0 Å². The van der Waals surface area contributed by atoms with Crippen molar-refractivity contribution in [1.29, 1.82) is 0 Å². The third-order valence-corrected chi connectivity index (χ3v) is 4.63. The molecule has 4 heteroatoms. The molecule has 0 bridgehead atoms. The van der Waals surface area contributed by atoms with E-state index in [1.165, 1.54) is 0 Å². The van der Waals surface area contributed by atoms with Gasteiger partial charge in [0.1, 0.15) is 5.78 Å². The van der Waals surface area contributed by atoms with Crippen LogP contribution >= 0.6 is 0 Å². The second-order valence-electron chi connectivity index (χ2n) is 6.81. The molecule has 0 amide bonds. The molecule has 96 valence electrons. The van der Waals surface area contributed by atoms with E-state index in [-0.39, 0.29) is 23.6 Å². The summed E-state index contributed by atoms with van der Waals surface area (Å²) in [6, 6.07) is 0. The Hall–Kier alpha value is -0.345. The zero-order valence-corrected chi connectivity index (χ0v) is 11.6. The second kappa shape index (κ2) is 3.82. The summed E-state index contributed by atoms with van der Waals surface area (Å²) in [7, 11) is -0.253. The minimum Gasteiger partial charge on any atom is -0.403 e. The fourth-order valence-electron chi connectivity index (χ4n) is 2.65. The van der Waals surface area contributed by atoms with Crippen molar-refractivity contribution in [3.8, 4) is 0 Å². The van der Waals surface area contributed by atoms with Crippen molar-refractivity contribution in [1.82, 2.24) is 0 Å². The normalized spacial score (nSPS) is 36.3. The fourth-order valence-corrected chi connectivity index (χ4v) is 2.65. The van der Waals surface area contributed by atoms with Gasteiger partial charge in [0.2, 0.25) is 0 Å². The lowest BCUT2D eigenvalue weighted by atomic mass is 9.52. The molecular formula is C13H23BO3. The molecule has 0 N–H and O–H groups in total. The molecule has 2 aliphatic rings. The molecule has 1 atom stereocenters. The Labute approximate surface area is 104 Å². The number of rotatable bonds is 1. The molecule has 17 heavy (non-hydrogen) atoms. The van der Waals surface area contributed by atoms with E-state index in [9.17, 15) is 4.79 Å². The van der Waals surface area contributed by atoms with E-state index in [1.807, 2.05) is 0 Å². The maximum absolute atomic E-state index is 11.6. The Morgan fingerprint density at radius 1 is 1.06 bits per heavy atom. The van der Waals surface area contributed by atoms with Crippen molar-refractivity contribution in [2.75, 3.05) is 0 Å². The third-order valence-electron chi connectivity index (χ3n) is 4.63. The van der Waals surface area contributed by atoms with Crippen LogP contribution in [0.15, 0.2) is 0 Å². The molecule has 3 nitrogen and oxygen atoms in total. The highest BCUT2D eigenvalue weighted by molar-refractivity contribution is 6.50. The molecule has 1 aliphatic carbocycles. The second-order valence-corrected chi connectivity index (χ2v) is 6.81. The van der Waals surface area contributed by atoms with Crippen LogP contribution in [0, 0.1) is 0 Å². The average molecular weight is 238 g/mol. The largest absolute Gasteiger partial charge is 0.464 e. The van der Waals surface area contributed by atoms with Gasteiger partial charge in [-0.1, -0.05) is 6.92 Å². The Morgan fingerprint density at radius 2 is 1.59 bits per heavy atom. The van der Waals surface area contributed by atoms with Gasteiger partial charge < -0.3 is 9.31 Å². The van der Waals surface area contributed by atoms with Gasteiger partial charge >= 0.3 is 7.12 Å². The number of carbonyl (C=O) groups excluding carboxylic acids is 1. The van der Waals surface area contributed by atoms with Gasteiger partial charge in [0.25, 0.3) is 0 Å². The first-order valence-electron chi connectivity index (χ1n) is 6.54. The maximum Gasteiger partial charge on any atom is 0.464 e. The molecular weight excluding hydrogens is 215 g/mol. The van der Waals surface area contributed by atoms with Crippen LogP contribution in [0.2, 0.25) is 5.31 Å². The van der Waals surface area contributed by atoms with Crippen molar-refractivity contribution < 1.29 is 14.1 Å². The molecule has 1 saturated heterocycles. The number of carbonyl (C=O) groups is 1. The first-order chi connectivity index (χ1) is 7.66. The van der Waals surface area contributed by atoms with Crippen LogP contribution in [0.4, 0.5) is 0 Å². The summed E-state index contributed by atoms with van der Waals surface area (Å²) in [4.78, 5) is 11.6. The third kappa shape index (κ3) is 2.17. The highest BCUT2D eigenvalue weighted by Gasteiger charge is 2.58.